The first-order valence-electron chi connectivity index (χ1n) is 11.7. The van der Waals surface area contributed by atoms with E-state index in [1.165, 1.54) is 52.3 Å². The number of benzene rings is 1. The summed E-state index contributed by atoms with van der Waals surface area (Å²) in [5.41, 5.74) is 1.25. The average Bonchev–Trinajstić information content (AvgIpc) is 3.35. The van der Waals surface area contributed by atoms with E-state index in [1.807, 2.05) is 0 Å². The first-order chi connectivity index (χ1) is 18.7. The Morgan fingerprint density at radius 1 is 0.897 bits per heavy atom. The Kier molecular flexibility index (Phi) is 8.26. The van der Waals surface area contributed by atoms with Crippen molar-refractivity contribution in [3.05, 3.63) is 60.2 Å². The molecule has 39 heavy (non-hydrogen) atoms. The third-order valence-corrected chi connectivity index (χ3v) is 7.68. The highest BCUT2D eigenvalue weighted by molar-refractivity contribution is 7.93. The number of nitrogens with zero attached hydrogens (tertiary/aromatic N) is 6. The monoisotopic (exact) mass is 555 g/mol. The first kappa shape index (κ1) is 27.7. The van der Waals surface area contributed by atoms with Crippen LogP contribution in [0.2, 0.25) is 0 Å². The summed E-state index contributed by atoms with van der Waals surface area (Å²) in [4.78, 5) is 12.8. The second-order valence-electron chi connectivity index (χ2n) is 8.33. The molecule has 3 heterocycles. The van der Waals surface area contributed by atoms with Crippen molar-refractivity contribution in [2.24, 2.45) is 0 Å². The van der Waals surface area contributed by atoms with Crippen LogP contribution < -0.4 is 18.9 Å². The van der Waals surface area contributed by atoms with Crippen molar-refractivity contribution in [3.8, 4) is 34.6 Å². The van der Waals surface area contributed by atoms with Crippen LogP contribution >= 0.6 is 0 Å². The lowest BCUT2D eigenvalue weighted by Gasteiger charge is -2.23. The van der Waals surface area contributed by atoms with Gasteiger partial charge in [-0.1, -0.05) is 12.1 Å². The van der Waals surface area contributed by atoms with Gasteiger partial charge in [0.2, 0.25) is 21.9 Å². The van der Waals surface area contributed by atoms with Gasteiger partial charge in [0.05, 0.1) is 21.3 Å². The molecule has 4 rings (SSSR count). The van der Waals surface area contributed by atoms with E-state index in [-0.39, 0.29) is 11.8 Å². The van der Waals surface area contributed by atoms with Crippen molar-refractivity contribution in [2.45, 2.75) is 25.2 Å². The normalized spacial score (nSPS) is 13.0. The molecule has 14 heteroatoms. The van der Waals surface area contributed by atoms with Crippen molar-refractivity contribution in [1.29, 1.82) is 0 Å². The fourth-order valence-corrected chi connectivity index (χ4v) is 5.13. The van der Waals surface area contributed by atoms with Gasteiger partial charge in [-0.3, -0.25) is 9.29 Å². The number of rotatable bonds is 11. The van der Waals surface area contributed by atoms with E-state index in [0.717, 1.165) is 0 Å². The van der Waals surface area contributed by atoms with E-state index in [0.29, 0.717) is 40.1 Å². The van der Waals surface area contributed by atoms with E-state index in [9.17, 15) is 8.42 Å². The van der Waals surface area contributed by atoms with Gasteiger partial charge in [-0.05, 0) is 32.0 Å². The smallest absolute Gasteiger partial charge is 0.243 e. The lowest BCUT2D eigenvalue weighted by Crippen LogP contribution is -2.33. The molecule has 0 aliphatic heterocycles. The number of hydrogen-bond acceptors (Lipinski definition) is 11. The molecule has 0 aliphatic carbocycles. The number of hydrogen-bond donors (Lipinski definition) is 1. The van der Waals surface area contributed by atoms with E-state index in [2.05, 4.69) is 29.9 Å². The molecule has 0 aliphatic rings. The molecule has 0 unspecified atom stereocenters. The van der Waals surface area contributed by atoms with Crippen molar-refractivity contribution in [2.75, 3.05) is 33.2 Å². The molecule has 0 spiro atoms. The van der Waals surface area contributed by atoms with E-state index in [1.54, 1.807) is 43.3 Å². The van der Waals surface area contributed by atoms with Crippen molar-refractivity contribution >= 4 is 16.0 Å². The molecule has 0 radical (unpaired) electrons. The summed E-state index contributed by atoms with van der Waals surface area (Å²) in [6, 6.07) is 10.3. The maximum Gasteiger partial charge on any atom is 0.243 e. The van der Waals surface area contributed by atoms with Crippen LogP contribution in [0.15, 0.2) is 48.8 Å². The summed E-state index contributed by atoms with van der Waals surface area (Å²) in [7, 11) is 1.78. The third kappa shape index (κ3) is 5.61. The van der Waals surface area contributed by atoms with Crippen LogP contribution in [0.5, 0.6) is 17.4 Å². The van der Waals surface area contributed by atoms with E-state index < -0.39 is 21.4 Å². The van der Waals surface area contributed by atoms with Gasteiger partial charge in [0, 0.05) is 31.1 Å². The third-order valence-electron chi connectivity index (χ3n) is 5.98. The second kappa shape index (κ2) is 11.6. The second-order valence-corrected chi connectivity index (χ2v) is 10.4. The van der Waals surface area contributed by atoms with Crippen molar-refractivity contribution < 1.29 is 27.4 Å². The summed E-state index contributed by atoms with van der Waals surface area (Å²) < 4.78 is 53.4. The van der Waals surface area contributed by atoms with Crippen molar-refractivity contribution in [3.63, 3.8) is 0 Å². The zero-order valence-electron chi connectivity index (χ0n) is 22.3. The molecule has 1 N–H and O–H groups in total. The number of aromatic nitrogens is 6. The number of nitrogens with one attached hydrogen (secondary N) is 1. The molecule has 1 aromatic carbocycles. The minimum Gasteiger partial charge on any atom is -0.494 e. The first-order valence-corrected chi connectivity index (χ1v) is 13.3. The minimum atomic E-state index is -4.11. The zero-order chi connectivity index (χ0) is 28.2. The molecule has 206 valence electrons. The topological polar surface area (TPSA) is 152 Å². The Bertz CT molecular complexity index is 1520. The van der Waals surface area contributed by atoms with E-state index >= 15 is 0 Å². The molecule has 3 aromatic heterocycles. The molecule has 2 atom stereocenters. The van der Waals surface area contributed by atoms with Gasteiger partial charge in [0.15, 0.2) is 5.82 Å². The maximum atomic E-state index is 13.7. The van der Waals surface area contributed by atoms with Gasteiger partial charge in [0.1, 0.15) is 40.1 Å². The molecule has 0 bridgehead atoms. The van der Waals surface area contributed by atoms with Gasteiger partial charge >= 0.3 is 0 Å². The number of para-hydroxylation sites is 1. The van der Waals surface area contributed by atoms with Gasteiger partial charge in [-0.25, -0.2) is 23.4 Å². The summed E-state index contributed by atoms with van der Waals surface area (Å²) >= 11 is 0. The summed E-state index contributed by atoms with van der Waals surface area (Å²) in [6.07, 6.45) is 2.22. The molecule has 0 saturated carbocycles. The number of pyridine rings is 1. The molecular formula is C25H29N7O6S. The maximum absolute atomic E-state index is 13.7. The van der Waals surface area contributed by atoms with E-state index in [4.69, 9.17) is 18.9 Å². The fraction of sp³-hybridized carbons (Fsp3) is 0.320. The largest absolute Gasteiger partial charge is 0.494 e. The van der Waals surface area contributed by atoms with Crippen LogP contribution in [0.25, 0.3) is 17.2 Å². The van der Waals surface area contributed by atoms with Crippen LogP contribution in [0.1, 0.15) is 24.4 Å². The molecule has 0 saturated heterocycles. The highest BCUT2D eigenvalue weighted by Gasteiger charge is 2.34. The number of sulfonamides is 1. The molecule has 4 aromatic rings. The number of methoxy groups -OCH3 is 4. The van der Waals surface area contributed by atoms with Crippen LogP contribution in [0.4, 0.5) is 5.95 Å². The van der Waals surface area contributed by atoms with Gasteiger partial charge in [-0.2, -0.15) is 0 Å². The number of aryl methyl sites for hydroxylation is 1. The van der Waals surface area contributed by atoms with Crippen LogP contribution in [-0.4, -0.2) is 71.8 Å². The summed E-state index contributed by atoms with van der Waals surface area (Å²) in [5.74, 6) is 1.78. The Morgan fingerprint density at radius 2 is 1.54 bits per heavy atom. The molecule has 0 amide bonds. The Morgan fingerprint density at radius 3 is 2.13 bits per heavy atom. The SMILES string of the molecule is COc1cccc(-c2nnc(NS(=O)(=O)[C@H](C)[C@H](OC)c3cnc(C)nc3)n2-c2c(OC)cccc2OC)n1. The van der Waals surface area contributed by atoms with Crippen LogP contribution in [-0.2, 0) is 14.8 Å². The van der Waals surface area contributed by atoms with Gasteiger partial charge in [0.25, 0.3) is 0 Å². The standard InChI is InChI=1S/C25H29N7O6S/c1-15(23(38-6)17-13-26-16(2)27-14-17)39(33,34)31-25-30-29-24(18-9-7-12-21(28-18)37-5)32(25)22-19(35-3)10-8-11-20(22)36-4/h7-15,23H,1-6H3,(H,30,31)/t15-,23+/m1/s1. The summed E-state index contributed by atoms with van der Waals surface area (Å²) in [5, 5.41) is 7.38. The predicted molar refractivity (Wildman–Crippen MR) is 143 cm³/mol. The predicted octanol–water partition coefficient (Wildman–Crippen LogP) is 2.97. The van der Waals surface area contributed by atoms with Crippen LogP contribution in [0, 0.1) is 6.92 Å². The highest BCUT2D eigenvalue weighted by atomic mass is 32.2. The zero-order valence-corrected chi connectivity index (χ0v) is 23.1. The van der Waals surface area contributed by atoms with Crippen molar-refractivity contribution in [1.82, 2.24) is 29.7 Å². The Labute approximate surface area is 226 Å². The fourth-order valence-electron chi connectivity index (χ4n) is 3.96. The molecule has 13 nitrogen and oxygen atoms in total. The highest BCUT2D eigenvalue weighted by Crippen LogP contribution is 2.38. The summed E-state index contributed by atoms with van der Waals surface area (Å²) in [6.45, 7) is 3.26. The lowest BCUT2D eigenvalue weighted by atomic mass is 10.1. The molecular weight excluding hydrogens is 526 g/mol. The Hall–Kier alpha value is -4.30. The quantitative estimate of drug-likeness (QED) is 0.291. The Balaban J connectivity index is 1.85. The number of anilines is 1. The van der Waals surface area contributed by atoms with Gasteiger partial charge in [-0.15, -0.1) is 10.2 Å². The minimum absolute atomic E-state index is 0.112. The average molecular weight is 556 g/mol. The lowest BCUT2D eigenvalue weighted by molar-refractivity contribution is 0.102. The van der Waals surface area contributed by atoms with Gasteiger partial charge < -0.3 is 18.9 Å². The van der Waals surface area contributed by atoms with Crippen LogP contribution in [0.3, 0.4) is 0 Å². The molecule has 0 fully saturated rings. The number of ether oxygens (including phenoxy) is 4.